The Kier molecular flexibility index (Phi) is 5.82. The fraction of sp³-hybridized carbons (Fsp3) is 0.222. The molecule has 0 aliphatic carbocycles. The number of anilines is 1. The Morgan fingerprint density at radius 2 is 1.65 bits per heavy atom. The van der Waals surface area contributed by atoms with Crippen LogP contribution in [0.2, 0.25) is 0 Å². The standard InChI is InChI=1S/C18H19NO3S/c1-13(17(20)19(2)15-7-5-4-6-8-15)22-18(21)14-9-11-16(23-3)12-10-14/h4-13H,1-3H3/t13-/m1/s1. The van der Waals surface area contributed by atoms with Crippen molar-refractivity contribution in [1.82, 2.24) is 0 Å². The van der Waals surface area contributed by atoms with Gasteiger partial charge in [0.25, 0.3) is 5.91 Å². The first-order chi connectivity index (χ1) is 11.0. The highest BCUT2D eigenvalue weighted by atomic mass is 32.2. The van der Waals surface area contributed by atoms with Crippen LogP contribution in [0.4, 0.5) is 5.69 Å². The molecule has 2 rings (SSSR count). The second kappa shape index (κ2) is 7.83. The van der Waals surface area contributed by atoms with Crippen molar-refractivity contribution in [3.63, 3.8) is 0 Å². The van der Waals surface area contributed by atoms with Crippen LogP contribution < -0.4 is 4.90 Å². The number of amides is 1. The Balaban J connectivity index is 2.01. The summed E-state index contributed by atoms with van der Waals surface area (Å²) in [6.45, 7) is 1.58. The van der Waals surface area contributed by atoms with Gasteiger partial charge in [-0.25, -0.2) is 4.79 Å². The van der Waals surface area contributed by atoms with Crippen LogP contribution in [-0.4, -0.2) is 31.3 Å². The third-order valence-corrected chi connectivity index (χ3v) is 4.17. The van der Waals surface area contributed by atoms with Crippen LogP contribution in [0.15, 0.2) is 59.5 Å². The zero-order valence-electron chi connectivity index (χ0n) is 13.4. The zero-order valence-corrected chi connectivity index (χ0v) is 14.2. The van der Waals surface area contributed by atoms with Gasteiger partial charge in [0.2, 0.25) is 0 Å². The second-order valence-corrected chi connectivity index (χ2v) is 5.89. The lowest BCUT2D eigenvalue weighted by molar-refractivity contribution is -0.126. The van der Waals surface area contributed by atoms with E-state index in [1.807, 2.05) is 48.7 Å². The van der Waals surface area contributed by atoms with Crippen molar-refractivity contribution in [1.29, 1.82) is 0 Å². The zero-order chi connectivity index (χ0) is 16.8. The van der Waals surface area contributed by atoms with Crippen molar-refractivity contribution >= 4 is 29.3 Å². The number of carbonyl (C=O) groups excluding carboxylic acids is 2. The van der Waals surface area contributed by atoms with Gasteiger partial charge >= 0.3 is 5.97 Å². The topological polar surface area (TPSA) is 46.6 Å². The SMILES string of the molecule is CSc1ccc(C(=O)O[C@H](C)C(=O)N(C)c2ccccc2)cc1. The van der Waals surface area contributed by atoms with E-state index in [2.05, 4.69) is 0 Å². The van der Waals surface area contributed by atoms with E-state index in [4.69, 9.17) is 4.74 Å². The lowest BCUT2D eigenvalue weighted by Gasteiger charge is -2.21. The van der Waals surface area contributed by atoms with Gasteiger partial charge in [-0.3, -0.25) is 4.79 Å². The van der Waals surface area contributed by atoms with Crippen LogP contribution in [0.5, 0.6) is 0 Å². The van der Waals surface area contributed by atoms with E-state index < -0.39 is 12.1 Å². The highest BCUT2D eigenvalue weighted by Gasteiger charge is 2.23. The third kappa shape index (κ3) is 4.36. The monoisotopic (exact) mass is 329 g/mol. The molecule has 0 unspecified atom stereocenters. The number of hydrogen-bond donors (Lipinski definition) is 0. The third-order valence-electron chi connectivity index (χ3n) is 3.43. The fourth-order valence-corrected chi connectivity index (χ4v) is 2.47. The number of hydrogen-bond acceptors (Lipinski definition) is 4. The molecule has 0 aromatic heterocycles. The Labute approximate surface area is 140 Å². The van der Waals surface area contributed by atoms with Crippen molar-refractivity contribution < 1.29 is 14.3 Å². The predicted molar refractivity (Wildman–Crippen MR) is 93.0 cm³/mol. The first kappa shape index (κ1) is 17.1. The van der Waals surface area contributed by atoms with Crippen molar-refractivity contribution in [3.8, 4) is 0 Å². The molecular formula is C18H19NO3S. The number of likely N-dealkylation sites (N-methyl/N-ethyl adjacent to an activating group) is 1. The number of benzene rings is 2. The second-order valence-electron chi connectivity index (χ2n) is 5.01. The molecule has 0 saturated heterocycles. The first-order valence-corrected chi connectivity index (χ1v) is 8.43. The van der Waals surface area contributed by atoms with Crippen molar-refractivity contribution in [2.75, 3.05) is 18.2 Å². The quantitative estimate of drug-likeness (QED) is 0.621. The smallest absolute Gasteiger partial charge is 0.338 e. The van der Waals surface area contributed by atoms with Gasteiger partial charge < -0.3 is 9.64 Å². The maximum Gasteiger partial charge on any atom is 0.338 e. The fourth-order valence-electron chi connectivity index (χ4n) is 2.06. The van der Waals surface area contributed by atoms with Crippen LogP contribution in [0.25, 0.3) is 0 Å². The van der Waals surface area contributed by atoms with Crippen molar-refractivity contribution in [3.05, 3.63) is 60.2 Å². The molecule has 2 aromatic rings. The molecule has 0 fully saturated rings. The van der Waals surface area contributed by atoms with Crippen LogP contribution in [0.1, 0.15) is 17.3 Å². The van der Waals surface area contributed by atoms with E-state index in [1.54, 1.807) is 37.9 Å². The predicted octanol–water partition coefficient (Wildman–Crippen LogP) is 3.62. The average molecular weight is 329 g/mol. The Bertz CT molecular complexity index is 670. The average Bonchev–Trinajstić information content (AvgIpc) is 2.61. The number of ether oxygens (including phenoxy) is 1. The number of rotatable bonds is 5. The van der Waals surface area contributed by atoms with Gasteiger partial charge in [-0.05, 0) is 49.6 Å². The van der Waals surface area contributed by atoms with Crippen LogP contribution in [-0.2, 0) is 9.53 Å². The van der Waals surface area contributed by atoms with Gasteiger partial charge in [-0.15, -0.1) is 11.8 Å². The summed E-state index contributed by atoms with van der Waals surface area (Å²) >= 11 is 1.60. The molecule has 23 heavy (non-hydrogen) atoms. The summed E-state index contributed by atoms with van der Waals surface area (Å²) in [6, 6.07) is 16.3. The van der Waals surface area contributed by atoms with Gasteiger partial charge in [0.1, 0.15) is 0 Å². The van der Waals surface area contributed by atoms with E-state index in [0.29, 0.717) is 5.56 Å². The molecule has 0 aliphatic rings. The van der Waals surface area contributed by atoms with Gasteiger partial charge in [0.15, 0.2) is 6.10 Å². The summed E-state index contributed by atoms with van der Waals surface area (Å²) in [4.78, 5) is 27.0. The number of carbonyl (C=O) groups is 2. The summed E-state index contributed by atoms with van der Waals surface area (Å²) in [5.41, 5.74) is 1.19. The minimum absolute atomic E-state index is 0.273. The van der Waals surface area contributed by atoms with E-state index >= 15 is 0 Å². The first-order valence-electron chi connectivity index (χ1n) is 7.20. The molecule has 0 heterocycles. The molecule has 1 amide bonds. The maximum absolute atomic E-state index is 12.4. The molecule has 0 aliphatic heterocycles. The Hall–Kier alpha value is -2.27. The van der Waals surface area contributed by atoms with Crippen LogP contribution in [0, 0.1) is 0 Å². The van der Waals surface area contributed by atoms with E-state index in [-0.39, 0.29) is 5.91 Å². The molecule has 5 heteroatoms. The summed E-state index contributed by atoms with van der Waals surface area (Å²) in [6.07, 6.45) is 1.11. The normalized spacial score (nSPS) is 11.6. The Morgan fingerprint density at radius 1 is 1.04 bits per heavy atom. The van der Waals surface area contributed by atoms with Crippen LogP contribution >= 0.6 is 11.8 Å². The van der Waals surface area contributed by atoms with Crippen molar-refractivity contribution in [2.24, 2.45) is 0 Å². The molecule has 0 bridgehead atoms. The minimum atomic E-state index is -0.854. The van der Waals surface area contributed by atoms with E-state index in [0.717, 1.165) is 10.6 Å². The largest absolute Gasteiger partial charge is 0.449 e. The summed E-state index contributed by atoms with van der Waals surface area (Å²) in [5, 5.41) is 0. The van der Waals surface area contributed by atoms with Gasteiger partial charge in [-0.2, -0.15) is 0 Å². The van der Waals surface area contributed by atoms with Crippen molar-refractivity contribution in [2.45, 2.75) is 17.9 Å². The molecule has 4 nitrogen and oxygen atoms in total. The molecular weight excluding hydrogens is 310 g/mol. The molecule has 0 radical (unpaired) electrons. The molecule has 0 saturated carbocycles. The van der Waals surface area contributed by atoms with Gasteiger partial charge in [0, 0.05) is 17.6 Å². The molecule has 2 aromatic carbocycles. The lowest BCUT2D eigenvalue weighted by atomic mass is 10.2. The van der Waals surface area contributed by atoms with Gasteiger partial charge in [0.05, 0.1) is 5.56 Å². The summed E-state index contributed by atoms with van der Waals surface area (Å²) in [5.74, 6) is -0.773. The highest BCUT2D eigenvalue weighted by molar-refractivity contribution is 7.98. The number of thioether (sulfide) groups is 1. The molecule has 120 valence electrons. The highest BCUT2D eigenvalue weighted by Crippen LogP contribution is 2.17. The van der Waals surface area contributed by atoms with Gasteiger partial charge in [-0.1, -0.05) is 18.2 Å². The summed E-state index contributed by atoms with van der Waals surface area (Å²) in [7, 11) is 1.66. The minimum Gasteiger partial charge on any atom is -0.449 e. The van der Waals surface area contributed by atoms with E-state index in [9.17, 15) is 9.59 Å². The van der Waals surface area contributed by atoms with E-state index in [1.165, 1.54) is 4.90 Å². The Morgan fingerprint density at radius 3 is 2.22 bits per heavy atom. The molecule has 0 spiro atoms. The number of esters is 1. The summed E-state index contributed by atoms with van der Waals surface area (Å²) < 4.78 is 5.28. The lowest BCUT2D eigenvalue weighted by Crippen LogP contribution is -2.37. The maximum atomic E-state index is 12.4. The van der Waals surface area contributed by atoms with Crippen LogP contribution in [0.3, 0.4) is 0 Å². The molecule has 1 atom stereocenters. The molecule has 0 N–H and O–H groups in total. The number of nitrogens with zero attached hydrogens (tertiary/aromatic N) is 1. The number of para-hydroxylation sites is 1.